The number of nitrogens with zero attached hydrogens (tertiary/aromatic N) is 1. The van der Waals surface area contributed by atoms with Crippen molar-refractivity contribution < 1.29 is 9.53 Å². The van der Waals surface area contributed by atoms with Crippen LogP contribution >= 0.6 is 69.6 Å². The molecule has 0 saturated heterocycles. The van der Waals surface area contributed by atoms with Crippen LogP contribution in [0.5, 0.6) is 0 Å². The maximum atomic E-state index is 12.3. The standard InChI is InChI=1S/C19H9Cl6NO2/c1-28-19(27)8-2-3-17(9-4-13(22)15(24)6-11(9)20)26-18(8)10-5-14(23)16(25)7-12(10)21/h2-7H,1H3. The van der Waals surface area contributed by atoms with Crippen LogP contribution in [0.1, 0.15) is 10.4 Å². The van der Waals surface area contributed by atoms with E-state index in [1.165, 1.54) is 25.3 Å². The minimum absolute atomic E-state index is 0.197. The number of ether oxygens (including phenoxy) is 1. The molecule has 0 fully saturated rings. The number of carbonyl (C=O) groups is 1. The molecular weight excluding hydrogens is 487 g/mol. The summed E-state index contributed by atoms with van der Waals surface area (Å²) in [7, 11) is 1.27. The number of benzene rings is 2. The van der Waals surface area contributed by atoms with E-state index in [2.05, 4.69) is 4.98 Å². The van der Waals surface area contributed by atoms with Gasteiger partial charge in [-0.3, -0.25) is 0 Å². The summed E-state index contributed by atoms with van der Waals surface area (Å²) in [5.74, 6) is -0.587. The second-order valence-corrected chi connectivity index (χ2v) is 8.02. The topological polar surface area (TPSA) is 39.2 Å². The van der Waals surface area contributed by atoms with Crippen molar-refractivity contribution in [3.8, 4) is 22.5 Å². The Hall–Kier alpha value is -1.20. The number of hydrogen-bond donors (Lipinski definition) is 0. The molecule has 0 spiro atoms. The summed E-state index contributed by atoms with van der Waals surface area (Å²) in [6, 6.07) is 9.28. The lowest BCUT2D eigenvalue weighted by Gasteiger charge is -2.13. The molecule has 2 aromatic carbocycles. The van der Waals surface area contributed by atoms with Crippen molar-refractivity contribution in [2.45, 2.75) is 0 Å². The summed E-state index contributed by atoms with van der Waals surface area (Å²) < 4.78 is 4.85. The van der Waals surface area contributed by atoms with Crippen molar-refractivity contribution in [3.63, 3.8) is 0 Å². The van der Waals surface area contributed by atoms with Gasteiger partial charge >= 0.3 is 5.97 Å². The van der Waals surface area contributed by atoms with Gasteiger partial charge in [0.15, 0.2) is 0 Å². The lowest BCUT2D eigenvalue weighted by molar-refractivity contribution is 0.0601. The van der Waals surface area contributed by atoms with E-state index in [1.54, 1.807) is 18.2 Å². The van der Waals surface area contributed by atoms with Crippen molar-refractivity contribution in [2.75, 3.05) is 7.11 Å². The van der Waals surface area contributed by atoms with Crippen molar-refractivity contribution in [3.05, 3.63) is 72.1 Å². The number of methoxy groups -OCH3 is 1. The van der Waals surface area contributed by atoms with E-state index in [0.717, 1.165) is 0 Å². The Morgan fingerprint density at radius 3 is 1.82 bits per heavy atom. The molecule has 0 radical (unpaired) electrons. The van der Waals surface area contributed by atoms with Crippen molar-refractivity contribution in [1.82, 2.24) is 4.98 Å². The third-order valence-corrected chi connectivity index (χ3v) is 5.92. The predicted octanol–water partition coefficient (Wildman–Crippen LogP) is 8.12. The highest BCUT2D eigenvalue weighted by Gasteiger charge is 2.20. The van der Waals surface area contributed by atoms with Gasteiger partial charge in [0.05, 0.1) is 54.2 Å². The maximum Gasteiger partial charge on any atom is 0.340 e. The third-order valence-electron chi connectivity index (χ3n) is 3.85. The molecule has 0 N–H and O–H groups in total. The number of carbonyl (C=O) groups excluding carboxylic acids is 1. The van der Waals surface area contributed by atoms with Gasteiger partial charge in [-0.1, -0.05) is 69.6 Å². The first kappa shape index (κ1) is 21.5. The third kappa shape index (κ3) is 4.20. The quantitative estimate of drug-likeness (QED) is 0.272. The highest BCUT2D eigenvalue weighted by molar-refractivity contribution is 6.44. The first-order valence-corrected chi connectivity index (χ1v) is 9.89. The Morgan fingerprint density at radius 1 is 0.750 bits per heavy atom. The maximum absolute atomic E-state index is 12.3. The van der Waals surface area contributed by atoms with Crippen molar-refractivity contribution in [2.24, 2.45) is 0 Å². The monoisotopic (exact) mass is 493 g/mol. The van der Waals surface area contributed by atoms with Gasteiger partial charge in [0, 0.05) is 11.1 Å². The molecule has 9 heteroatoms. The van der Waals surface area contributed by atoms with E-state index in [9.17, 15) is 4.79 Å². The molecule has 1 heterocycles. The van der Waals surface area contributed by atoms with Crippen LogP contribution in [-0.4, -0.2) is 18.1 Å². The van der Waals surface area contributed by atoms with E-state index < -0.39 is 5.97 Å². The minimum Gasteiger partial charge on any atom is -0.465 e. The highest BCUT2D eigenvalue weighted by atomic mass is 35.5. The fourth-order valence-corrected chi connectivity index (χ4v) is 3.79. The molecule has 0 bridgehead atoms. The summed E-state index contributed by atoms with van der Waals surface area (Å²) in [5, 5.41) is 1.78. The average Bonchev–Trinajstić information content (AvgIpc) is 2.66. The van der Waals surface area contributed by atoms with E-state index in [1.807, 2.05) is 0 Å². The lowest BCUT2D eigenvalue weighted by atomic mass is 10.0. The molecule has 0 unspecified atom stereocenters. The number of halogens is 6. The number of hydrogen-bond acceptors (Lipinski definition) is 3. The number of rotatable bonds is 3. The molecule has 28 heavy (non-hydrogen) atoms. The van der Waals surface area contributed by atoms with Gasteiger partial charge < -0.3 is 4.74 Å². The van der Waals surface area contributed by atoms with Crippen LogP contribution in [0.3, 0.4) is 0 Å². The van der Waals surface area contributed by atoms with E-state index in [4.69, 9.17) is 74.3 Å². The number of aromatic nitrogens is 1. The number of esters is 1. The molecule has 3 aromatic rings. The first-order chi connectivity index (χ1) is 13.2. The first-order valence-electron chi connectivity index (χ1n) is 7.62. The highest BCUT2D eigenvalue weighted by Crippen LogP contribution is 2.39. The van der Waals surface area contributed by atoms with Crippen LogP contribution in [-0.2, 0) is 4.74 Å². The summed E-state index contributed by atoms with van der Waals surface area (Å²) in [6.45, 7) is 0. The molecule has 0 amide bonds. The second kappa shape index (κ2) is 8.66. The zero-order valence-corrected chi connectivity index (χ0v) is 18.5. The molecule has 0 atom stereocenters. The molecule has 144 valence electrons. The van der Waals surface area contributed by atoms with Gasteiger partial charge in [0.25, 0.3) is 0 Å². The van der Waals surface area contributed by atoms with Crippen LogP contribution in [0, 0.1) is 0 Å². The van der Waals surface area contributed by atoms with Gasteiger partial charge in [0.2, 0.25) is 0 Å². The molecule has 1 aromatic heterocycles. The molecule has 3 nitrogen and oxygen atoms in total. The Bertz CT molecular complexity index is 1100. The molecule has 0 aliphatic rings. The normalized spacial score (nSPS) is 10.8. The van der Waals surface area contributed by atoms with Gasteiger partial charge in [-0.05, 0) is 36.4 Å². The summed E-state index contributed by atoms with van der Waals surface area (Å²) in [4.78, 5) is 16.8. The van der Waals surface area contributed by atoms with Crippen LogP contribution < -0.4 is 0 Å². The zero-order chi connectivity index (χ0) is 20.6. The van der Waals surface area contributed by atoms with E-state index in [-0.39, 0.29) is 26.3 Å². The average molecular weight is 496 g/mol. The fourth-order valence-electron chi connectivity index (χ4n) is 2.51. The van der Waals surface area contributed by atoms with Crippen LogP contribution in [0.25, 0.3) is 22.5 Å². The zero-order valence-electron chi connectivity index (χ0n) is 14.0. The Morgan fingerprint density at radius 2 is 1.25 bits per heavy atom. The largest absolute Gasteiger partial charge is 0.465 e. The van der Waals surface area contributed by atoms with Gasteiger partial charge in [-0.15, -0.1) is 0 Å². The summed E-state index contributed by atoms with van der Waals surface area (Å²) in [5.41, 5.74) is 1.85. The predicted molar refractivity (Wildman–Crippen MR) is 117 cm³/mol. The molecule has 0 aliphatic carbocycles. The Labute approximate surface area is 191 Å². The van der Waals surface area contributed by atoms with Crippen LogP contribution in [0.15, 0.2) is 36.4 Å². The molecule has 0 aliphatic heterocycles. The fraction of sp³-hybridized carbons (Fsp3) is 0.0526. The van der Waals surface area contributed by atoms with Crippen molar-refractivity contribution in [1.29, 1.82) is 0 Å². The minimum atomic E-state index is -0.587. The molecule has 0 saturated carbocycles. The van der Waals surface area contributed by atoms with Crippen LogP contribution in [0.4, 0.5) is 0 Å². The summed E-state index contributed by atoms with van der Waals surface area (Å²) >= 11 is 36.9. The van der Waals surface area contributed by atoms with Crippen molar-refractivity contribution >= 4 is 75.6 Å². The number of pyridine rings is 1. The Kier molecular flexibility index (Phi) is 6.65. The second-order valence-electron chi connectivity index (χ2n) is 5.58. The lowest BCUT2D eigenvalue weighted by Crippen LogP contribution is -2.06. The van der Waals surface area contributed by atoms with Crippen LogP contribution in [0.2, 0.25) is 30.1 Å². The smallest absolute Gasteiger partial charge is 0.340 e. The van der Waals surface area contributed by atoms with Gasteiger partial charge in [0.1, 0.15) is 0 Å². The van der Waals surface area contributed by atoms with Gasteiger partial charge in [-0.25, -0.2) is 9.78 Å². The summed E-state index contributed by atoms with van der Waals surface area (Å²) in [6.07, 6.45) is 0. The van der Waals surface area contributed by atoms with E-state index in [0.29, 0.717) is 31.9 Å². The van der Waals surface area contributed by atoms with E-state index >= 15 is 0 Å². The molecule has 3 rings (SSSR count). The molecular formula is C19H9Cl6NO2. The SMILES string of the molecule is COC(=O)c1ccc(-c2cc(Cl)c(Cl)cc2Cl)nc1-c1cc(Cl)c(Cl)cc1Cl. The Balaban J connectivity index is 2.29. The van der Waals surface area contributed by atoms with Gasteiger partial charge in [-0.2, -0.15) is 0 Å².